The van der Waals surface area contributed by atoms with Crippen molar-refractivity contribution < 1.29 is 9.53 Å². The zero-order chi connectivity index (χ0) is 11.5. The van der Waals surface area contributed by atoms with E-state index in [0.717, 1.165) is 17.7 Å². The van der Waals surface area contributed by atoms with E-state index >= 15 is 0 Å². The fourth-order valence-electron chi connectivity index (χ4n) is 1.91. The second kappa shape index (κ2) is 5.03. The molecule has 86 valence electrons. The Kier molecular flexibility index (Phi) is 3.68. The van der Waals surface area contributed by atoms with Crippen LogP contribution in [0.15, 0.2) is 24.3 Å². The first-order valence-corrected chi connectivity index (χ1v) is 6.59. The molecular formula is C12H14INO2. The summed E-state index contributed by atoms with van der Waals surface area (Å²) in [5.74, 6) is 0.870. The minimum atomic E-state index is -0.0674. The normalized spacial score (nSPS) is 20.5. The maximum Gasteiger partial charge on any atom is 0.228 e. The van der Waals surface area contributed by atoms with Crippen LogP contribution in [0.3, 0.4) is 0 Å². The zero-order valence-electron chi connectivity index (χ0n) is 9.07. The van der Waals surface area contributed by atoms with Gasteiger partial charge in [0.15, 0.2) is 0 Å². The molecule has 0 radical (unpaired) electrons. The molecule has 4 heteroatoms. The van der Waals surface area contributed by atoms with E-state index in [1.807, 2.05) is 31.2 Å². The molecule has 2 unspecified atom stereocenters. The van der Waals surface area contributed by atoms with Gasteiger partial charge in [-0.3, -0.25) is 4.79 Å². The zero-order valence-corrected chi connectivity index (χ0v) is 11.2. The van der Waals surface area contributed by atoms with Crippen molar-refractivity contribution in [2.75, 3.05) is 6.61 Å². The smallest absolute Gasteiger partial charge is 0.228 e. The van der Waals surface area contributed by atoms with E-state index in [0.29, 0.717) is 6.61 Å². The summed E-state index contributed by atoms with van der Waals surface area (Å²) in [5, 5.41) is 2.95. The molecule has 0 saturated carbocycles. The third kappa shape index (κ3) is 2.48. The largest absolute Gasteiger partial charge is 0.493 e. The van der Waals surface area contributed by atoms with Crippen molar-refractivity contribution in [3.8, 4) is 5.75 Å². The lowest BCUT2D eigenvalue weighted by Gasteiger charge is -2.25. The van der Waals surface area contributed by atoms with Gasteiger partial charge in [-0.2, -0.15) is 0 Å². The van der Waals surface area contributed by atoms with Gasteiger partial charge in [-0.05, 0) is 19.4 Å². The van der Waals surface area contributed by atoms with Crippen LogP contribution >= 0.6 is 22.6 Å². The lowest BCUT2D eigenvalue weighted by molar-refractivity contribution is -0.123. The molecule has 1 aromatic carbocycles. The van der Waals surface area contributed by atoms with Gasteiger partial charge in [0.2, 0.25) is 5.91 Å². The molecule has 1 aliphatic heterocycles. The Bertz CT molecular complexity index is 392. The molecule has 0 aromatic heterocycles. The molecule has 1 amide bonds. The van der Waals surface area contributed by atoms with Crippen LogP contribution in [0.1, 0.15) is 24.8 Å². The highest BCUT2D eigenvalue weighted by molar-refractivity contribution is 14.1. The number of nitrogens with one attached hydrogen (secondary N) is 1. The fraction of sp³-hybridized carbons (Fsp3) is 0.417. The maximum absolute atomic E-state index is 12.0. The SMILES string of the molecule is CC(I)NC(=O)C1CCOc2ccccc21. The molecule has 1 aliphatic rings. The first kappa shape index (κ1) is 11.7. The van der Waals surface area contributed by atoms with Crippen molar-refractivity contribution in [2.45, 2.75) is 23.3 Å². The summed E-state index contributed by atoms with van der Waals surface area (Å²) in [6.07, 6.45) is 0.756. The Morgan fingerprint density at radius 2 is 2.31 bits per heavy atom. The number of amides is 1. The Labute approximate surface area is 109 Å². The summed E-state index contributed by atoms with van der Waals surface area (Å²) in [6, 6.07) is 7.76. The van der Waals surface area contributed by atoms with E-state index in [1.54, 1.807) is 0 Å². The predicted octanol–water partition coefficient (Wildman–Crippen LogP) is 2.45. The molecule has 0 saturated heterocycles. The number of benzene rings is 1. The summed E-state index contributed by atoms with van der Waals surface area (Å²) < 4.78 is 5.68. The van der Waals surface area contributed by atoms with Crippen LogP contribution < -0.4 is 10.1 Å². The van der Waals surface area contributed by atoms with Gasteiger partial charge in [0.25, 0.3) is 0 Å². The lowest BCUT2D eigenvalue weighted by Crippen LogP contribution is -2.35. The van der Waals surface area contributed by atoms with Crippen LogP contribution in [0.5, 0.6) is 5.75 Å². The number of hydrogen-bond donors (Lipinski definition) is 1. The van der Waals surface area contributed by atoms with Gasteiger partial charge in [0.05, 0.1) is 16.6 Å². The number of alkyl halides is 1. The van der Waals surface area contributed by atoms with E-state index in [9.17, 15) is 4.79 Å². The molecule has 1 heterocycles. The topological polar surface area (TPSA) is 38.3 Å². The van der Waals surface area contributed by atoms with Crippen LogP contribution in [-0.4, -0.2) is 16.6 Å². The number of rotatable bonds is 2. The first-order chi connectivity index (χ1) is 7.68. The third-order valence-electron chi connectivity index (χ3n) is 2.62. The van der Waals surface area contributed by atoms with Crippen molar-refractivity contribution in [3.63, 3.8) is 0 Å². The van der Waals surface area contributed by atoms with Crippen molar-refractivity contribution in [3.05, 3.63) is 29.8 Å². The van der Waals surface area contributed by atoms with Crippen molar-refractivity contribution >= 4 is 28.5 Å². The van der Waals surface area contributed by atoms with Crippen LogP contribution in [0.25, 0.3) is 0 Å². The predicted molar refractivity (Wildman–Crippen MR) is 70.9 cm³/mol. The molecular weight excluding hydrogens is 317 g/mol. The molecule has 0 aliphatic carbocycles. The molecule has 0 bridgehead atoms. The maximum atomic E-state index is 12.0. The van der Waals surface area contributed by atoms with Gasteiger partial charge >= 0.3 is 0 Å². The highest BCUT2D eigenvalue weighted by Crippen LogP contribution is 2.33. The Hall–Kier alpha value is -0.780. The van der Waals surface area contributed by atoms with Gasteiger partial charge in [0, 0.05) is 5.56 Å². The number of fused-ring (bicyclic) bond motifs is 1. The van der Waals surface area contributed by atoms with Gasteiger partial charge in [-0.15, -0.1) is 0 Å². The van der Waals surface area contributed by atoms with Crippen LogP contribution in [0.4, 0.5) is 0 Å². The summed E-state index contributed by atoms with van der Waals surface area (Å²) in [7, 11) is 0. The summed E-state index contributed by atoms with van der Waals surface area (Å²) in [6.45, 7) is 2.58. The molecule has 2 atom stereocenters. The average molecular weight is 331 g/mol. The van der Waals surface area contributed by atoms with E-state index in [2.05, 4.69) is 27.9 Å². The van der Waals surface area contributed by atoms with Gasteiger partial charge < -0.3 is 10.1 Å². The summed E-state index contributed by atoms with van der Waals surface area (Å²) >= 11 is 2.19. The van der Waals surface area contributed by atoms with E-state index in [1.165, 1.54) is 0 Å². The average Bonchev–Trinajstić information content (AvgIpc) is 2.27. The first-order valence-electron chi connectivity index (χ1n) is 5.34. The molecule has 1 N–H and O–H groups in total. The molecule has 0 spiro atoms. The number of carbonyl (C=O) groups is 1. The molecule has 3 nitrogen and oxygen atoms in total. The van der Waals surface area contributed by atoms with Gasteiger partial charge in [-0.25, -0.2) is 0 Å². The minimum absolute atomic E-state index is 0.0674. The molecule has 2 rings (SSSR count). The second-order valence-corrected chi connectivity index (χ2v) is 5.72. The Morgan fingerprint density at radius 3 is 3.06 bits per heavy atom. The molecule has 1 aromatic rings. The van der Waals surface area contributed by atoms with Crippen molar-refractivity contribution in [1.82, 2.24) is 5.32 Å². The van der Waals surface area contributed by atoms with E-state index in [-0.39, 0.29) is 15.9 Å². The van der Waals surface area contributed by atoms with Crippen molar-refractivity contribution in [2.24, 2.45) is 0 Å². The van der Waals surface area contributed by atoms with Crippen LogP contribution in [0.2, 0.25) is 0 Å². The molecule has 16 heavy (non-hydrogen) atoms. The number of carbonyl (C=O) groups excluding carboxylic acids is 1. The highest BCUT2D eigenvalue weighted by atomic mass is 127. The van der Waals surface area contributed by atoms with E-state index < -0.39 is 0 Å². The highest BCUT2D eigenvalue weighted by Gasteiger charge is 2.27. The van der Waals surface area contributed by atoms with E-state index in [4.69, 9.17) is 4.74 Å². The van der Waals surface area contributed by atoms with Crippen LogP contribution in [-0.2, 0) is 4.79 Å². The van der Waals surface area contributed by atoms with Gasteiger partial charge in [-0.1, -0.05) is 40.8 Å². The summed E-state index contributed by atoms with van der Waals surface area (Å²) in [4.78, 5) is 12.0. The number of para-hydroxylation sites is 1. The monoisotopic (exact) mass is 331 g/mol. The Balaban J connectivity index is 2.21. The Morgan fingerprint density at radius 1 is 1.56 bits per heavy atom. The second-order valence-electron chi connectivity index (χ2n) is 3.85. The van der Waals surface area contributed by atoms with Gasteiger partial charge in [0.1, 0.15) is 5.75 Å². The number of halogens is 1. The van der Waals surface area contributed by atoms with Crippen molar-refractivity contribution in [1.29, 1.82) is 0 Å². The number of hydrogen-bond acceptors (Lipinski definition) is 2. The third-order valence-corrected chi connectivity index (χ3v) is 2.93. The lowest BCUT2D eigenvalue weighted by atomic mass is 9.92. The minimum Gasteiger partial charge on any atom is -0.493 e. The quantitative estimate of drug-likeness (QED) is 0.514. The molecule has 0 fully saturated rings. The number of ether oxygens (including phenoxy) is 1. The standard InChI is InChI=1S/C12H14INO2/c1-8(13)14-12(15)10-6-7-16-11-5-3-2-4-9(10)11/h2-5,8,10H,6-7H2,1H3,(H,14,15). The summed E-state index contributed by atoms with van der Waals surface area (Å²) in [5.41, 5.74) is 1.00. The fourth-order valence-corrected chi connectivity index (χ4v) is 2.22. The van der Waals surface area contributed by atoms with Crippen LogP contribution in [0, 0.1) is 0 Å².